The monoisotopic (exact) mass is 348 g/mol. The van der Waals surface area contributed by atoms with E-state index in [0.29, 0.717) is 24.8 Å². The Balaban J connectivity index is 1.51. The van der Waals surface area contributed by atoms with Crippen LogP contribution < -0.4 is 9.64 Å². The SMILES string of the molecule is CC(Cc1cc(C(=O)N2CCOc3ccccc32)on1)c1ccccc1. The summed E-state index contributed by atoms with van der Waals surface area (Å²) in [6.07, 6.45) is 0.723. The van der Waals surface area contributed by atoms with Crippen molar-refractivity contribution >= 4 is 11.6 Å². The van der Waals surface area contributed by atoms with Crippen molar-refractivity contribution in [3.8, 4) is 5.75 Å². The van der Waals surface area contributed by atoms with Gasteiger partial charge in [0.25, 0.3) is 5.91 Å². The third-order valence-electron chi connectivity index (χ3n) is 4.63. The number of carbonyl (C=O) groups excluding carboxylic acids is 1. The summed E-state index contributed by atoms with van der Waals surface area (Å²) >= 11 is 0. The van der Waals surface area contributed by atoms with E-state index in [1.807, 2.05) is 42.5 Å². The van der Waals surface area contributed by atoms with Gasteiger partial charge in [-0.25, -0.2) is 0 Å². The van der Waals surface area contributed by atoms with E-state index in [1.54, 1.807) is 11.0 Å². The second-order valence-electron chi connectivity index (χ2n) is 6.47. The lowest BCUT2D eigenvalue weighted by molar-refractivity contribution is 0.0941. The zero-order valence-corrected chi connectivity index (χ0v) is 14.6. The maximum Gasteiger partial charge on any atom is 0.297 e. The quantitative estimate of drug-likeness (QED) is 0.713. The largest absolute Gasteiger partial charge is 0.490 e. The highest BCUT2D eigenvalue weighted by atomic mass is 16.5. The highest BCUT2D eigenvalue weighted by Crippen LogP contribution is 2.32. The van der Waals surface area contributed by atoms with Gasteiger partial charge in [-0.3, -0.25) is 9.69 Å². The van der Waals surface area contributed by atoms with Crippen molar-refractivity contribution in [2.75, 3.05) is 18.1 Å². The number of amides is 1. The predicted molar refractivity (Wildman–Crippen MR) is 98.7 cm³/mol. The van der Waals surface area contributed by atoms with Crippen molar-refractivity contribution in [3.63, 3.8) is 0 Å². The molecule has 1 aromatic heterocycles. The number of hydrogen-bond donors (Lipinski definition) is 0. The minimum atomic E-state index is -0.188. The Morgan fingerprint density at radius 3 is 2.77 bits per heavy atom. The summed E-state index contributed by atoms with van der Waals surface area (Å²) in [4.78, 5) is 14.6. The van der Waals surface area contributed by atoms with E-state index >= 15 is 0 Å². The van der Waals surface area contributed by atoms with Gasteiger partial charge in [-0.1, -0.05) is 54.5 Å². The van der Waals surface area contributed by atoms with Crippen LogP contribution in [-0.2, 0) is 6.42 Å². The van der Waals surface area contributed by atoms with Crippen LogP contribution in [0.4, 0.5) is 5.69 Å². The summed E-state index contributed by atoms with van der Waals surface area (Å²) in [5.74, 6) is 1.08. The molecule has 2 heterocycles. The number of ether oxygens (including phenoxy) is 1. The molecular weight excluding hydrogens is 328 g/mol. The van der Waals surface area contributed by atoms with E-state index in [9.17, 15) is 4.79 Å². The maximum atomic E-state index is 12.9. The van der Waals surface area contributed by atoms with Crippen LogP contribution >= 0.6 is 0 Å². The fourth-order valence-corrected chi connectivity index (χ4v) is 3.24. The zero-order chi connectivity index (χ0) is 17.9. The van der Waals surface area contributed by atoms with E-state index in [-0.39, 0.29) is 11.7 Å². The van der Waals surface area contributed by atoms with Crippen LogP contribution in [0.15, 0.2) is 65.2 Å². The van der Waals surface area contributed by atoms with Crippen molar-refractivity contribution in [1.29, 1.82) is 0 Å². The van der Waals surface area contributed by atoms with Crippen molar-refractivity contribution in [2.24, 2.45) is 0 Å². The molecule has 132 valence electrons. The van der Waals surface area contributed by atoms with Crippen LogP contribution in [0.3, 0.4) is 0 Å². The molecule has 0 N–H and O–H groups in total. The number of carbonyl (C=O) groups is 1. The van der Waals surface area contributed by atoms with E-state index in [4.69, 9.17) is 9.26 Å². The molecule has 1 amide bonds. The first-order valence-corrected chi connectivity index (χ1v) is 8.76. The van der Waals surface area contributed by atoms with E-state index in [1.165, 1.54) is 5.56 Å². The fraction of sp³-hybridized carbons (Fsp3) is 0.238. The molecule has 1 aliphatic heterocycles. The van der Waals surface area contributed by atoms with Gasteiger partial charge in [0.05, 0.1) is 17.9 Å². The van der Waals surface area contributed by atoms with Gasteiger partial charge in [0, 0.05) is 6.07 Å². The lowest BCUT2D eigenvalue weighted by Crippen LogP contribution is -2.37. The summed E-state index contributed by atoms with van der Waals surface area (Å²) < 4.78 is 11.0. The Hall–Kier alpha value is -3.08. The lowest BCUT2D eigenvalue weighted by atomic mass is 9.96. The second kappa shape index (κ2) is 7.04. The van der Waals surface area contributed by atoms with Gasteiger partial charge in [0.2, 0.25) is 5.76 Å². The maximum absolute atomic E-state index is 12.9. The molecule has 0 fully saturated rings. The van der Waals surface area contributed by atoms with Crippen LogP contribution in [0.5, 0.6) is 5.75 Å². The average molecular weight is 348 g/mol. The van der Waals surface area contributed by atoms with Gasteiger partial charge in [-0.15, -0.1) is 0 Å². The van der Waals surface area contributed by atoms with E-state index in [2.05, 4.69) is 24.2 Å². The van der Waals surface area contributed by atoms with Crippen LogP contribution in [-0.4, -0.2) is 24.2 Å². The number of nitrogens with zero attached hydrogens (tertiary/aromatic N) is 2. The standard InChI is InChI=1S/C21H20N2O3/c1-15(16-7-3-2-4-8-16)13-17-14-20(26-22-17)21(24)23-11-12-25-19-10-6-5-9-18(19)23/h2-10,14-15H,11-13H2,1H3. The molecule has 4 rings (SSSR count). The third kappa shape index (κ3) is 3.20. The van der Waals surface area contributed by atoms with Gasteiger partial charge < -0.3 is 9.26 Å². The number of aromatic nitrogens is 1. The van der Waals surface area contributed by atoms with Crippen molar-refractivity contribution < 1.29 is 14.1 Å². The van der Waals surface area contributed by atoms with Gasteiger partial charge in [-0.2, -0.15) is 0 Å². The smallest absolute Gasteiger partial charge is 0.297 e. The van der Waals surface area contributed by atoms with Crippen molar-refractivity contribution in [1.82, 2.24) is 5.16 Å². The molecule has 5 heteroatoms. The van der Waals surface area contributed by atoms with Crippen molar-refractivity contribution in [3.05, 3.63) is 77.7 Å². The number of hydrogen-bond acceptors (Lipinski definition) is 4. The molecule has 1 atom stereocenters. The number of anilines is 1. The molecule has 0 bridgehead atoms. The van der Waals surface area contributed by atoms with Crippen molar-refractivity contribution in [2.45, 2.75) is 19.3 Å². The summed E-state index contributed by atoms with van der Waals surface area (Å²) in [5.41, 5.74) is 2.79. The highest BCUT2D eigenvalue weighted by Gasteiger charge is 2.27. The van der Waals surface area contributed by atoms with Crippen LogP contribution in [0, 0.1) is 0 Å². The van der Waals surface area contributed by atoms with Gasteiger partial charge in [0.1, 0.15) is 12.4 Å². The van der Waals surface area contributed by atoms with E-state index < -0.39 is 0 Å². The first kappa shape index (κ1) is 16.4. The van der Waals surface area contributed by atoms with Crippen LogP contribution in [0.1, 0.15) is 34.7 Å². The molecule has 3 aromatic rings. The van der Waals surface area contributed by atoms with Crippen LogP contribution in [0.2, 0.25) is 0 Å². The number of fused-ring (bicyclic) bond motifs is 1. The fourth-order valence-electron chi connectivity index (χ4n) is 3.24. The Morgan fingerprint density at radius 1 is 1.15 bits per heavy atom. The summed E-state index contributed by atoms with van der Waals surface area (Å²) in [6.45, 7) is 3.10. The van der Waals surface area contributed by atoms with Gasteiger partial charge in [0.15, 0.2) is 0 Å². The molecule has 26 heavy (non-hydrogen) atoms. The first-order chi connectivity index (χ1) is 12.7. The number of para-hydroxylation sites is 2. The Kier molecular flexibility index (Phi) is 4.44. The predicted octanol–water partition coefficient (Wildman–Crippen LogP) is 4.06. The average Bonchev–Trinajstić information content (AvgIpc) is 3.16. The minimum Gasteiger partial charge on any atom is -0.490 e. The molecule has 1 unspecified atom stereocenters. The topological polar surface area (TPSA) is 55.6 Å². The summed E-state index contributed by atoms with van der Waals surface area (Å²) in [5, 5.41) is 4.10. The molecule has 1 aliphatic rings. The molecule has 0 spiro atoms. The summed E-state index contributed by atoms with van der Waals surface area (Å²) in [7, 11) is 0. The molecule has 2 aromatic carbocycles. The normalized spacial score (nSPS) is 14.4. The molecule has 5 nitrogen and oxygen atoms in total. The van der Waals surface area contributed by atoms with Gasteiger partial charge >= 0.3 is 0 Å². The molecule has 0 saturated heterocycles. The Morgan fingerprint density at radius 2 is 1.92 bits per heavy atom. The van der Waals surface area contributed by atoms with Gasteiger partial charge in [-0.05, 0) is 30.0 Å². The molecular formula is C21H20N2O3. The Labute approximate surface area is 152 Å². The highest BCUT2D eigenvalue weighted by molar-refractivity contribution is 6.05. The lowest BCUT2D eigenvalue weighted by Gasteiger charge is -2.28. The summed E-state index contributed by atoms with van der Waals surface area (Å²) in [6, 6.07) is 19.5. The zero-order valence-electron chi connectivity index (χ0n) is 14.6. The molecule has 0 aliphatic carbocycles. The Bertz CT molecular complexity index is 904. The number of benzene rings is 2. The molecule has 0 radical (unpaired) electrons. The number of rotatable bonds is 4. The minimum absolute atomic E-state index is 0.188. The second-order valence-corrected chi connectivity index (χ2v) is 6.47. The van der Waals surface area contributed by atoms with E-state index in [0.717, 1.165) is 17.8 Å². The third-order valence-corrected chi connectivity index (χ3v) is 4.63. The first-order valence-electron chi connectivity index (χ1n) is 8.76. The van der Waals surface area contributed by atoms with Crippen LogP contribution in [0.25, 0.3) is 0 Å². The molecule has 0 saturated carbocycles.